The monoisotopic (exact) mass is 455 g/mol. The first-order valence-corrected chi connectivity index (χ1v) is 11.7. The lowest BCUT2D eigenvalue weighted by Gasteiger charge is -2.23. The summed E-state index contributed by atoms with van der Waals surface area (Å²) in [5, 5.41) is 4.42. The molecule has 0 saturated heterocycles. The van der Waals surface area contributed by atoms with Crippen LogP contribution in [0.4, 0.5) is 13.6 Å². The molecule has 0 unspecified atom stereocenters. The van der Waals surface area contributed by atoms with Gasteiger partial charge < -0.3 is 4.90 Å². The van der Waals surface area contributed by atoms with Crippen molar-refractivity contribution in [2.24, 2.45) is 0 Å². The third-order valence-electron chi connectivity index (χ3n) is 4.38. The Kier molecular flexibility index (Phi) is 6.22. The molecule has 0 aliphatic carbocycles. The van der Waals surface area contributed by atoms with E-state index in [-0.39, 0.29) is 13.1 Å². The number of aromatic nitrogens is 2. The topological polar surface area (TPSA) is 89.3 Å². The zero-order valence-electron chi connectivity index (χ0n) is 15.9. The molecule has 3 rings (SSSR count). The summed E-state index contributed by atoms with van der Waals surface area (Å²) in [5.41, 5.74) is 1.02. The van der Waals surface area contributed by atoms with E-state index in [1.807, 2.05) is 6.92 Å². The maximum absolute atomic E-state index is 13.4. The molecule has 0 saturated carbocycles. The van der Waals surface area contributed by atoms with Gasteiger partial charge in [-0.05, 0) is 42.3 Å². The molecular weight excluding hydrogens is 436 g/mol. The Bertz CT molecular complexity index is 1180. The molecule has 0 aliphatic heterocycles. The average Bonchev–Trinajstić information content (AvgIpc) is 3.16. The van der Waals surface area contributed by atoms with Crippen LogP contribution in [0.1, 0.15) is 18.1 Å². The number of hydrogen-bond donors (Lipinski definition) is 0. The van der Waals surface area contributed by atoms with Crippen molar-refractivity contribution in [3.05, 3.63) is 71.9 Å². The molecule has 2 aromatic carbocycles. The van der Waals surface area contributed by atoms with Crippen LogP contribution in [-0.4, -0.2) is 26.6 Å². The number of nitrogens with zero attached hydrogens (tertiary/aromatic N) is 3. The van der Waals surface area contributed by atoms with Gasteiger partial charge in [-0.2, -0.15) is 21.9 Å². The third-order valence-corrected chi connectivity index (χ3v) is 6.02. The van der Waals surface area contributed by atoms with E-state index in [4.69, 9.17) is 0 Å². The van der Waals surface area contributed by atoms with Gasteiger partial charge in [-0.25, -0.2) is 0 Å². The zero-order valence-corrected chi connectivity index (χ0v) is 17.6. The Morgan fingerprint density at radius 2 is 1.37 bits per heavy atom. The molecule has 1 heterocycles. The predicted octanol–water partition coefficient (Wildman–Crippen LogP) is 3.43. The van der Waals surface area contributed by atoms with Gasteiger partial charge in [-0.15, -0.1) is 7.77 Å². The number of rotatable bonds is 8. The van der Waals surface area contributed by atoms with E-state index in [1.165, 1.54) is 24.3 Å². The highest BCUT2D eigenvalue weighted by molar-refractivity contribution is 7.86. The quantitative estimate of drug-likeness (QED) is 0.484. The van der Waals surface area contributed by atoms with Crippen LogP contribution in [0, 0.1) is 0 Å². The van der Waals surface area contributed by atoms with Gasteiger partial charge in [0.25, 0.3) is 0 Å². The molecule has 0 radical (unpaired) electrons. The van der Waals surface area contributed by atoms with E-state index in [2.05, 4.69) is 5.10 Å². The molecule has 1 aromatic heterocycles. The number of benzene rings is 2. The summed E-state index contributed by atoms with van der Waals surface area (Å²) in [6.45, 7) is 2.86. The maximum Gasteiger partial charge on any atom is 0.332 e. The number of halogens is 2. The first kappa shape index (κ1) is 21.9. The van der Waals surface area contributed by atoms with Crippen LogP contribution in [0.2, 0.25) is 0 Å². The predicted molar refractivity (Wildman–Crippen MR) is 107 cm³/mol. The Hall–Kier alpha value is -2.79. The van der Waals surface area contributed by atoms with Gasteiger partial charge in [0.05, 0.1) is 9.79 Å². The molecule has 3 aromatic rings. The summed E-state index contributed by atoms with van der Waals surface area (Å²) >= 11 is 0. The average molecular weight is 456 g/mol. The van der Waals surface area contributed by atoms with Crippen molar-refractivity contribution >= 4 is 26.3 Å². The van der Waals surface area contributed by atoms with Crippen molar-refractivity contribution in [2.75, 3.05) is 4.90 Å². The highest BCUT2D eigenvalue weighted by atomic mass is 32.3. The molecular formula is C19H19F2N3O4S2. The Labute approximate surface area is 174 Å². The van der Waals surface area contributed by atoms with Crippen molar-refractivity contribution in [1.82, 2.24) is 9.78 Å². The van der Waals surface area contributed by atoms with E-state index in [1.54, 1.807) is 34.0 Å². The van der Waals surface area contributed by atoms with Crippen LogP contribution in [0.15, 0.2) is 70.6 Å². The first-order chi connectivity index (χ1) is 14.1. The largest absolute Gasteiger partial charge is 0.346 e. The standard InChI is InChI=1S/C19H19F2N3O4S2/c1-2-24-10-9-19(22-24)23(13-15-5-3-7-17(11-15)29(20,25)26)14-16-6-4-8-18(12-16)30(21,27)28/h3-12H,2,13-14H2,1H3. The lowest BCUT2D eigenvalue weighted by molar-refractivity contribution is 0.550. The molecule has 0 aliphatic rings. The Morgan fingerprint density at radius 1 is 0.867 bits per heavy atom. The number of aryl methyl sites for hydroxylation is 1. The summed E-state index contributed by atoms with van der Waals surface area (Å²) < 4.78 is 73.3. The van der Waals surface area contributed by atoms with Crippen LogP contribution >= 0.6 is 0 Å². The molecule has 0 N–H and O–H groups in total. The fourth-order valence-corrected chi connectivity index (χ4v) is 4.01. The van der Waals surface area contributed by atoms with Crippen LogP contribution in [0.5, 0.6) is 0 Å². The highest BCUT2D eigenvalue weighted by Gasteiger charge is 2.17. The molecule has 0 fully saturated rings. The SMILES string of the molecule is CCn1ccc(N(Cc2cccc(S(=O)(=O)F)c2)Cc2cccc(S(=O)(=O)F)c2)n1. The Morgan fingerprint density at radius 3 is 1.77 bits per heavy atom. The molecule has 7 nitrogen and oxygen atoms in total. The molecule has 0 spiro atoms. The van der Waals surface area contributed by atoms with Gasteiger partial charge >= 0.3 is 20.4 Å². The summed E-state index contributed by atoms with van der Waals surface area (Å²) in [4.78, 5) is 0.842. The van der Waals surface area contributed by atoms with Crippen molar-refractivity contribution in [3.8, 4) is 0 Å². The fraction of sp³-hybridized carbons (Fsp3) is 0.211. The minimum atomic E-state index is -4.85. The minimum absolute atomic E-state index is 0.163. The van der Waals surface area contributed by atoms with Crippen molar-refractivity contribution in [3.63, 3.8) is 0 Å². The van der Waals surface area contributed by atoms with Crippen LogP contribution in [0.25, 0.3) is 0 Å². The van der Waals surface area contributed by atoms with E-state index in [0.29, 0.717) is 23.5 Å². The summed E-state index contributed by atoms with van der Waals surface area (Å²) in [6.07, 6.45) is 1.76. The van der Waals surface area contributed by atoms with E-state index in [0.717, 1.165) is 12.1 Å². The van der Waals surface area contributed by atoms with Gasteiger partial charge in [-0.3, -0.25) is 4.68 Å². The van der Waals surface area contributed by atoms with E-state index in [9.17, 15) is 24.6 Å². The maximum atomic E-state index is 13.4. The smallest absolute Gasteiger partial charge is 0.332 e. The highest BCUT2D eigenvalue weighted by Crippen LogP contribution is 2.22. The van der Waals surface area contributed by atoms with Gasteiger partial charge in [0.2, 0.25) is 0 Å². The minimum Gasteiger partial charge on any atom is -0.346 e. The number of hydrogen-bond acceptors (Lipinski definition) is 6. The van der Waals surface area contributed by atoms with Crippen molar-refractivity contribution < 1.29 is 24.6 Å². The Balaban J connectivity index is 1.96. The third kappa shape index (κ3) is 5.42. The molecule has 160 valence electrons. The fourth-order valence-electron chi connectivity index (χ4n) is 2.95. The van der Waals surface area contributed by atoms with Crippen molar-refractivity contribution in [1.29, 1.82) is 0 Å². The van der Waals surface area contributed by atoms with Crippen molar-refractivity contribution in [2.45, 2.75) is 36.3 Å². The lowest BCUT2D eigenvalue weighted by Crippen LogP contribution is -2.23. The van der Waals surface area contributed by atoms with Crippen LogP contribution in [0.3, 0.4) is 0 Å². The first-order valence-electron chi connectivity index (χ1n) is 8.92. The van der Waals surface area contributed by atoms with Gasteiger partial charge in [0.1, 0.15) is 0 Å². The second kappa shape index (κ2) is 8.52. The normalized spacial score (nSPS) is 12.1. The van der Waals surface area contributed by atoms with Gasteiger partial charge in [0, 0.05) is 31.9 Å². The molecule has 0 atom stereocenters. The molecule has 30 heavy (non-hydrogen) atoms. The summed E-state index contributed by atoms with van der Waals surface area (Å²) in [5.74, 6) is 0.541. The van der Waals surface area contributed by atoms with Gasteiger partial charge in [-0.1, -0.05) is 24.3 Å². The molecule has 0 amide bonds. The molecule has 11 heteroatoms. The zero-order chi connectivity index (χ0) is 21.9. The summed E-state index contributed by atoms with van der Waals surface area (Å²) in [6, 6.07) is 12.6. The molecule has 0 bridgehead atoms. The van der Waals surface area contributed by atoms with Gasteiger partial charge in [0.15, 0.2) is 5.82 Å². The second-order valence-corrected chi connectivity index (χ2v) is 9.25. The number of anilines is 1. The second-order valence-electron chi connectivity index (χ2n) is 6.56. The summed E-state index contributed by atoms with van der Waals surface area (Å²) in [7, 11) is -9.71. The lowest BCUT2D eigenvalue weighted by atomic mass is 10.1. The van der Waals surface area contributed by atoms with E-state index >= 15 is 0 Å². The van der Waals surface area contributed by atoms with Crippen LogP contribution in [-0.2, 0) is 40.1 Å². The van der Waals surface area contributed by atoms with Crippen LogP contribution < -0.4 is 4.90 Å². The van der Waals surface area contributed by atoms with E-state index < -0.39 is 30.2 Å².